The summed E-state index contributed by atoms with van der Waals surface area (Å²) >= 11 is 1.23. The zero-order valence-corrected chi connectivity index (χ0v) is 16.3. The summed E-state index contributed by atoms with van der Waals surface area (Å²) in [5.74, 6) is -0.770. The van der Waals surface area contributed by atoms with Crippen LogP contribution in [-0.2, 0) is 14.3 Å². The van der Waals surface area contributed by atoms with Gasteiger partial charge in [-0.3, -0.25) is 0 Å². The minimum Gasteiger partial charge on any atom is -0.464 e. The van der Waals surface area contributed by atoms with Crippen molar-refractivity contribution >= 4 is 28.3 Å². The van der Waals surface area contributed by atoms with E-state index in [0.717, 1.165) is 0 Å². The third kappa shape index (κ3) is 5.21. The van der Waals surface area contributed by atoms with Gasteiger partial charge in [0.15, 0.2) is 5.57 Å². The molecule has 0 aliphatic heterocycles. The third-order valence-corrected chi connectivity index (χ3v) is 4.06. The van der Waals surface area contributed by atoms with Crippen LogP contribution < -0.4 is 5.32 Å². The number of esters is 2. The molecule has 0 radical (unpaired) electrons. The van der Waals surface area contributed by atoms with Gasteiger partial charge < -0.3 is 19.2 Å². The van der Waals surface area contributed by atoms with Gasteiger partial charge in [0.25, 0.3) is 0 Å². The minimum absolute atomic E-state index is 0.211. The van der Waals surface area contributed by atoms with Gasteiger partial charge in [0.1, 0.15) is 28.0 Å². The number of carbonyl (C=O) groups excluding carboxylic acids is 2. The average molecular weight is 388 g/mol. The normalized spacial score (nSPS) is 11.6. The van der Waals surface area contributed by atoms with Crippen molar-refractivity contribution in [1.82, 2.24) is 0 Å². The first-order valence-electron chi connectivity index (χ1n) is 8.19. The second-order valence-corrected chi connectivity index (χ2v) is 7.25. The molecule has 2 aromatic heterocycles. The molecule has 8 heteroatoms. The largest absolute Gasteiger partial charge is 0.464 e. The lowest BCUT2D eigenvalue weighted by molar-refractivity contribution is -0.149. The number of nitriles is 1. The van der Waals surface area contributed by atoms with Crippen LogP contribution >= 0.6 is 11.3 Å². The fraction of sp³-hybridized carbons (Fsp3) is 0.316. The van der Waals surface area contributed by atoms with Crippen LogP contribution in [0.15, 0.2) is 40.0 Å². The highest BCUT2D eigenvalue weighted by molar-refractivity contribution is 7.15. The average Bonchev–Trinajstić information content (AvgIpc) is 3.23. The lowest BCUT2D eigenvalue weighted by atomic mass is 10.1. The molecule has 2 heterocycles. The van der Waals surface area contributed by atoms with Crippen molar-refractivity contribution in [3.05, 3.63) is 41.1 Å². The van der Waals surface area contributed by atoms with Gasteiger partial charge in [0, 0.05) is 17.1 Å². The van der Waals surface area contributed by atoms with Crippen LogP contribution in [0, 0.1) is 11.3 Å². The molecule has 0 aromatic carbocycles. The molecule has 0 bridgehead atoms. The Hall–Kier alpha value is -3.05. The molecular weight excluding hydrogens is 368 g/mol. The molecule has 1 N–H and O–H groups in total. The second kappa shape index (κ2) is 8.56. The van der Waals surface area contributed by atoms with Crippen LogP contribution in [0.5, 0.6) is 0 Å². The fourth-order valence-corrected chi connectivity index (χ4v) is 3.00. The van der Waals surface area contributed by atoms with Gasteiger partial charge in [-0.1, -0.05) is 0 Å². The number of nitrogens with one attached hydrogen (secondary N) is 1. The van der Waals surface area contributed by atoms with Crippen molar-refractivity contribution < 1.29 is 23.5 Å². The van der Waals surface area contributed by atoms with E-state index in [1.807, 2.05) is 0 Å². The predicted octanol–water partition coefficient (Wildman–Crippen LogP) is 4.35. The molecule has 0 amide bonds. The van der Waals surface area contributed by atoms with Crippen LogP contribution in [0.1, 0.15) is 38.1 Å². The maximum Gasteiger partial charge on any atom is 0.350 e. The van der Waals surface area contributed by atoms with Crippen molar-refractivity contribution in [3.63, 3.8) is 0 Å². The Labute approximate surface area is 161 Å². The van der Waals surface area contributed by atoms with E-state index in [2.05, 4.69) is 5.32 Å². The van der Waals surface area contributed by atoms with Gasteiger partial charge >= 0.3 is 11.9 Å². The number of ether oxygens (including phenoxy) is 2. The number of thiophene rings is 1. The molecule has 0 atom stereocenters. The fourth-order valence-electron chi connectivity index (χ4n) is 2.09. The van der Waals surface area contributed by atoms with Crippen molar-refractivity contribution in [2.45, 2.75) is 33.3 Å². The van der Waals surface area contributed by atoms with Gasteiger partial charge in [-0.05, 0) is 39.8 Å². The molecule has 0 aliphatic rings. The summed E-state index contributed by atoms with van der Waals surface area (Å²) in [6, 6.07) is 5.24. The molecule has 0 spiro atoms. The number of carbonyl (C=O) groups is 2. The Balaban J connectivity index is 2.34. The molecule has 2 aromatic rings. The number of anilines is 1. The topological polar surface area (TPSA) is 102 Å². The smallest absolute Gasteiger partial charge is 0.350 e. The Morgan fingerprint density at radius 1 is 1.41 bits per heavy atom. The molecule has 7 nitrogen and oxygen atoms in total. The van der Waals surface area contributed by atoms with E-state index >= 15 is 0 Å². The van der Waals surface area contributed by atoms with Gasteiger partial charge in [-0.2, -0.15) is 5.26 Å². The highest BCUT2D eigenvalue weighted by atomic mass is 32.1. The van der Waals surface area contributed by atoms with E-state index in [1.54, 1.807) is 51.3 Å². The van der Waals surface area contributed by atoms with Gasteiger partial charge in [-0.15, -0.1) is 11.3 Å². The molecule has 0 saturated heterocycles. The Bertz CT molecular complexity index is 882. The van der Waals surface area contributed by atoms with Gasteiger partial charge in [0.2, 0.25) is 0 Å². The summed E-state index contributed by atoms with van der Waals surface area (Å²) in [5.41, 5.74) is -0.101. The van der Waals surface area contributed by atoms with E-state index in [0.29, 0.717) is 16.3 Å². The van der Waals surface area contributed by atoms with Crippen molar-refractivity contribution in [1.29, 1.82) is 5.26 Å². The highest BCUT2D eigenvalue weighted by Gasteiger charge is 2.24. The SMILES string of the molecule is CCOC(=O)c1c(-c2ccco2)csc1NC=C(C#N)C(=O)OC(C)(C)C. The highest BCUT2D eigenvalue weighted by Crippen LogP contribution is 2.36. The monoisotopic (exact) mass is 388 g/mol. The lowest BCUT2D eigenvalue weighted by Crippen LogP contribution is -2.24. The van der Waals surface area contributed by atoms with Crippen molar-refractivity contribution in [2.75, 3.05) is 11.9 Å². The van der Waals surface area contributed by atoms with E-state index < -0.39 is 17.5 Å². The standard InChI is InChI=1S/C19H20N2O5S/c1-5-24-18(23)15-13(14-7-6-8-25-14)11-27-16(15)21-10-12(9-20)17(22)26-19(2,3)4/h6-8,10-11,21H,5H2,1-4H3. The van der Waals surface area contributed by atoms with E-state index in [4.69, 9.17) is 13.9 Å². The first-order valence-corrected chi connectivity index (χ1v) is 9.07. The third-order valence-electron chi connectivity index (χ3n) is 3.14. The predicted molar refractivity (Wildman–Crippen MR) is 101 cm³/mol. The Kier molecular flexibility index (Phi) is 6.42. The summed E-state index contributed by atoms with van der Waals surface area (Å²) in [6.07, 6.45) is 2.72. The zero-order valence-electron chi connectivity index (χ0n) is 15.5. The van der Waals surface area contributed by atoms with Crippen molar-refractivity contribution in [2.24, 2.45) is 0 Å². The van der Waals surface area contributed by atoms with Crippen LogP contribution in [-0.4, -0.2) is 24.1 Å². The quantitative estimate of drug-likeness (QED) is 0.446. The first kappa shape index (κ1) is 20.3. The minimum atomic E-state index is -0.752. The van der Waals surface area contributed by atoms with E-state index in [-0.39, 0.29) is 17.7 Å². The molecule has 0 saturated carbocycles. The van der Waals surface area contributed by atoms with Crippen LogP contribution in [0.3, 0.4) is 0 Å². The summed E-state index contributed by atoms with van der Waals surface area (Å²) in [6.45, 7) is 7.05. The summed E-state index contributed by atoms with van der Waals surface area (Å²) < 4.78 is 15.7. The number of nitrogens with zero attached hydrogens (tertiary/aromatic N) is 1. The maximum atomic E-state index is 12.4. The number of furan rings is 1. The summed E-state index contributed by atoms with van der Waals surface area (Å²) in [5, 5.41) is 14.2. The number of rotatable bonds is 6. The first-order chi connectivity index (χ1) is 12.8. The number of hydrogen-bond donors (Lipinski definition) is 1. The van der Waals surface area contributed by atoms with Gasteiger partial charge in [-0.25, -0.2) is 9.59 Å². The molecule has 27 heavy (non-hydrogen) atoms. The maximum absolute atomic E-state index is 12.4. The molecular formula is C19H20N2O5S. The molecule has 0 aliphatic carbocycles. The molecule has 0 fully saturated rings. The van der Waals surface area contributed by atoms with Gasteiger partial charge in [0.05, 0.1) is 12.9 Å². The van der Waals surface area contributed by atoms with Crippen molar-refractivity contribution in [3.8, 4) is 17.4 Å². The Morgan fingerprint density at radius 3 is 2.70 bits per heavy atom. The number of hydrogen-bond acceptors (Lipinski definition) is 8. The van der Waals surface area contributed by atoms with Crippen LogP contribution in [0.2, 0.25) is 0 Å². The second-order valence-electron chi connectivity index (χ2n) is 6.37. The Morgan fingerprint density at radius 2 is 2.15 bits per heavy atom. The molecule has 0 unspecified atom stereocenters. The lowest BCUT2D eigenvalue weighted by Gasteiger charge is -2.18. The van der Waals surface area contributed by atoms with E-state index in [1.165, 1.54) is 23.8 Å². The summed E-state index contributed by atoms with van der Waals surface area (Å²) in [7, 11) is 0. The van der Waals surface area contributed by atoms with Crippen LogP contribution in [0.4, 0.5) is 5.00 Å². The molecule has 2 rings (SSSR count). The summed E-state index contributed by atoms with van der Waals surface area (Å²) in [4.78, 5) is 24.5. The molecule has 142 valence electrons. The van der Waals surface area contributed by atoms with Crippen LogP contribution in [0.25, 0.3) is 11.3 Å². The van der Waals surface area contributed by atoms with E-state index in [9.17, 15) is 14.9 Å². The zero-order chi connectivity index (χ0) is 20.0.